The Hall–Kier alpha value is 0.770. The molecular weight excluding hydrogens is 305 g/mol. The highest BCUT2D eigenvalue weighted by atomic mass is 33.1. The van der Waals surface area contributed by atoms with Crippen LogP contribution < -0.4 is 0 Å². The zero-order valence-corrected chi connectivity index (χ0v) is 14.3. The minimum Gasteiger partial charge on any atom is -0.364 e. The molecule has 0 aromatic rings. The third-order valence-corrected chi connectivity index (χ3v) is 8.58. The second kappa shape index (κ2) is 6.69. The summed E-state index contributed by atoms with van der Waals surface area (Å²) in [4.78, 5) is 18.9. The van der Waals surface area contributed by atoms with Crippen LogP contribution in [0, 0.1) is 0 Å². The van der Waals surface area contributed by atoms with E-state index in [1.165, 1.54) is 30.1 Å². The van der Waals surface area contributed by atoms with Crippen LogP contribution in [0.25, 0.3) is 0 Å². The van der Waals surface area contributed by atoms with E-state index >= 15 is 0 Å². The molecule has 114 valence electrons. The molecule has 1 fully saturated rings. The second-order valence-electron chi connectivity index (χ2n) is 6.18. The first-order valence-corrected chi connectivity index (χ1v) is 10.3. The molecule has 0 aliphatic heterocycles. The fourth-order valence-electron chi connectivity index (χ4n) is 2.09. The van der Waals surface area contributed by atoms with Gasteiger partial charge in [-0.1, -0.05) is 30.1 Å². The van der Waals surface area contributed by atoms with Gasteiger partial charge in [0.2, 0.25) is 0 Å². The first-order valence-electron chi connectivity index (χ1n) is 6.46. The van der Waals surface area contributed by atoms with Crippen molar-refractivity contribution in [3.63, 3.8) is 0 Å². The van der Waals surface area contributed by atoms with E-state index in [1.807, 2.05) is 21.1 Å². The van der Waals surface area contributed by atoms with Crippen molar-refractivity contribution < 1.29 is 23.9 Å². The Morgan fingerprint density at radius 1 is 1.21 bits per heavy atom. The van der Waals surface area contributed by atoms with E-state index in [1.54, 1.807) is 0 Å². The molecule has 1 saturated carbocycles. The molecule has 0 aromatic carbocycles. The van der Waals surface area contributed by atoms with Crippen LogP contribution in [0.3, 0.4) is 0 Å². The Bertz CT molecular complexity index is 338. The average molecular weight is 330 g/mol. The van der Waals surface area contributed by atoms with Crippen molar-refractivity contribution in [3.8, 4) is 0 Å². The molecule has 1 rings (SSSR count). The van der Waals surface area contributed by atoms with Crippen LogP contribution in [0.5, 0.6) is 0 Å². The third-order valence-electron chi connectivity index (χ3n) is 3.01. The van der Waals surface area contributed by atoms with E-state index in [9.17, 15) is 19.5 Å². The molecular formula is C11H25NO4PS2+. The van der Waals surface area contributed by atoms with Gasteiger partial charge in [0.25, 0.3) is 4.67 Å². The number of aliphatic hydroxyl groups is 1. The molecule has 0 radical (unpaired) electrons. The second-order valence-corrected chi connectivity index (χ2v) is 11.1. The van der Waals surface area contributed by atoms with Gasteiger partial charge in [-0.2, -0.15) is 0 Å². The van der Waals surface area contributed by atoms with Crippen molar-refractivity contribution in [2.75, 3.05) is 27.7 Å². The van der Waals surface area contributed by atoms with Gasteiger partial charge in [-0.25, -0.2) is 0 Å². The Balaban J connectivity index is 2.66. The number of quaternary nitrogens is 1. The zero-order chi connectivity index (χ0) is 14.7. The summed E-state index contributed by atoms with van der Waals surface area (Å²) in [5.41, 5.74) is 0. The molecule has 0 bridgehead atoms. The molecule has 5 nitrogen and oxygen atoms in total. The van der Waals surface area contributed by atoms with E-state index in [4.69, 9.17) is 0 Å². The van der Waals surface area contributed by atoms with Gasteiger partial charge in [-0.05, 0) is 23.6 Å². The molecule has 0 heterocycles. The molecule has 0 saturated heterocycles. The van der Waals surface area contributed by atoms with Crippen LogP contribution in [0.4, 0.5) is 0 Å². The van der Waals surface area contributed by atoms with Crippen molar-refractivity contribution >= 4 is 29.2 Å². The van der Waals surface area contributed by atoms with E-state index in [0.717, 1.165) is 23.6 Å². The first kappa shape index (κ1) is 17.8. The summed E-state index contributed by atoms with van der Waals surface area (Å²) in [7, 11) is 3.26. The number of hydrogen-bond acceptors (Lipinski definition) is 4. The molecule has 1 unspecified atom stereocenters. The summed E-state index contributed by atoms with van der Waals surface area (Å²) in [6, 6.07) is 0. The summed E-state index contributed by atoms with van der Waals surface area (Å²) in [6.45, 7) is 0.0155. The number of hydrogen-bond donors (Lipinski definition) is 3. The zero-order valence-electron chi connectivity index (χ0n) is 11.8. The van der Waals surface area contributed by atoms with Gasteiger partial charge in [0.15, 0.2) is 0 Å². The predicted molar refractivity (Wildman–Crippen MR) is 81.9 cm³/mol. The topological polar surface area (TPSA) is 77.8 Å². The van der Waals surface area contributed by atoms with Gasteiger partial charge in [0.05, 0.1) is 21.1 Å². The summed E-state index contributed by atoms with van der Waals surface area (Å²) in [5.74, 6) is 0. The van der Waals surface area contributed by atoms with Crippen LogP contribution in [-0.4, -0.2) is 57.0 Å². The fraction of sp³-hybridized carbons (Fsp3) is 1.00. The van der Waals surface area contributed by atoms with Crippen LogP contribution >= 0.6 is 29.2 Å². The minimum atomic E-state index is -4.57. The summed E-state index contributed by atoms with van der Waals surface area (Å²) in [5, 5.41) is 10.8. The van der Waals surface area contributed by atoms with Crippen LogP contribution in [0.1, 0.15) is 32.1 Å². The van der Waals surface area contributed by atoms with E-state index in [-0.39, 0.29) is 6.54 Å². The molecule has 1 aliphatic carbocycles. The maximum absolute atomic E-state index is 11.6. The van der Waals surface area contributed by atoms with Gasteiger partial charge >= 0.3 is 7.60 Å². The van der Waals surface area contributed by atoms with Gasteiger partial charge in [0.1, 0.15) is 6.54 Å². The summed E-state index contributed by atoms with van der Waals surface area (Å²) < 4.78 is 9.90. The molecule has 0 aromatic heterocycles. The van der Waals surface area contributed by atoms with Crippen molar-refractivity contribution in [2.45, 2.75) is 42.0 Å². The standard InChI is InChI=1S/C11H24NO4PS2/c1-12(2,3)9-11(13,17(14,15)16)19-18-10-7-5-4-6-8-10/h10,13H,4-9H2,1-3H3,(H-,14,15,16)/p+1. The molecule has 1 aliphatic rings. The average Bonchev–Trinajstić information content (AvgIpc) is 2.24. The van der Waals surface area contributed by atoms with Crippen LogP contribution in [0.15, 0.2) is 0 Å². The lowest BCUT2D eigenvalue weighted by Crippen LogP contribution is -2.47. The van der Waals surface area contributed by atoms with Crippen molar-refractivity contribution in [1.82, 2.24) is 0 Å². The van der Waals surface area contributed by atoms with E-state index in [0.29, 0.717) is 9.73 Å². The van der Waals surface area contributed by atoms with Gasteiger partial charge in [0, 0.05) is 5.25 Å². The van der Waals surface area contributed by atoms with Crippen molar-refractivity contribution in [3.05, 3.63) is 0 Å². The molecule has 0 amide bonds. The molecule has 8 heteroatoms. The summed E-state index contributed by atoms with van der Waals surface area (Å²) >= 11 is 0. The Morgan fingerprint density at radius 2 is 1.74 bits per heavy atom. The van der Waals surface area contributed by atoms with E-state index in [2.05, 4.69) is 0 Å². The largest absolute Gasteiger partial charge is 0.374 e. The van der Waals surface area contributed by atoms with Crippen molar-refractivity contribution in [1.29, 1.82) is 0 Å². The first-order chi connectivity index (χ1) is 8.54. The Labute approximate surface area is 123 Å². The molecule has 0 spiro atoms. The maximum atomic E-state index is 11.6. The summed E-state index contributed by atoms with van der Waals surface area (Å²) in [6.07, 6.45) is 5.71. The maximum Gasteiger partial charge on any atom is 0.374 e. The lowest BCUT2D eigenvalue weighted by Gasteiger charge is -2.35. The smallest absolute Gasteiger partial charge is 0.364 e. The monoisotopic (exact) mass is 330 g/mol. The van der Waals surface area contributed by atoms with Gasteiger partial charge < -0.3 is 19.4 Å². The Kier molecular flexibility index (Phi) is 6.27. The molecule has 19 heavy (non-hydrogen) atoms. The van der Waals surface area contributed by atoms with Gasteiger partial charge in [-0.3, -0.25) is 4.57 Å². The predicted octanol–water partition coefficient (Wildman–Crippen LogP) is 2.23. The normalized spacial score (nSPS) is 22.2. The minimum absolute atomic E-state index is 0.0155. The van der Waals surface area contributed by atoms with E-state index < -0.39 is 12.3 Å². The lowest BCUT2D eigenvalue weighted by molar-refractivity contribution is -0.873. The fourth-order valence-corrected chi connectivity index (χ4v) is 7.21. The highest BCUT2D eigenvalue weighted by Crippen LogP contribution is 2.60. The third kappa shape index (κ3) is 5.96. The number of nitrogens with zero attached hydrogens (tertiary/aromatic N) is 1. The van der Waals surface area contributed by atoms with Gasteiger partial charge in [-0.15, -0.1) is 0 Å². The van der Waals surface area contributed by atoms with Crippen LogP contribution in [0.2, 0.25) is 0 Å². The quantitative estimate of drug-likeness (QED) is 0.300. The molecule has 3 N–H and O–H groups in total. The number of rotatable bonds is 6. The highest BCUT2D eigenvalue weighted by Gasteiger charge is 2.51. The van der Waals surface area contributed by atoms with Crippen molar-refractivity contribution in [2.24, 2.45) is 0 Å². The highest BCUT2D eigenvalue weighted by molar-refractivity contribution is 8.78. The SMILES string of the molecule is C[N+](C)(C)CC(O)(SSC1CCCCC1)P(=O)(O)O. The Morgan fingerprint density at radius 3 is 2.16 bits per heavy atom. The lowest BCUT2D eigenvalue weighted by atomic mass is 10.0. The molecule has 1 atom stereocenters. The van der Waals surface area contributed by atoms with Crippen LogP contribution in [-0.2, 0) is 4.57 Å². The number of likely N-dealkylation sites (N-methyl/N-ethyl adjacent to an activating group) is 1.